The van der Waals surface area contributed by atoms with E-state index in [-0.39, 0.29) is 17.9 Å². The van der Waals surface area contributed by atoms with Gasteiger partial charge in [-0.3, -0.25) is 0 Å². The maximum atomic E-state index is 14.4. The molecule has 2 amide bonds. The Labute approximate surface area is 227 Å². The highest BCUT2D eigenvalue weighted by molar-refractivity contribution is 5.90. The lowest BCUT2D eigenvalue weighted by Gasteiger charge is -2.31. The lowest BCUT2D eigenvalue weighted by molar-refractivity contribution is 0.194. The van der Waals surface area contributed by atoms with Gasteiger partial charge in [0.05, 0.1) is 29.7 Å². The predicted octanol–water partition coefficient (Wildman–Crippen LogP) is 7.12. The highest BCUT2D eigenvalue weighted by atomic mass is 19.1. The fourth-order valence-corrected chi connectivity index (χ4v) is 5.31. The van der Waals surface area contributed by atoms with E-state index in [1.54, 1.807) is 19.1 Å². The Kier molecular flexibility index (Phi) is 6.27. The monoisotopic (exact) mass is 519 g/mol. The summed E-state index contributed by atoms with van der Waals surface area (Å²) < 4.78 is 18.5. The van der Waals surface area contributed by atoms with Crippen molar-refractivity contribution >= 4 is 11.7 Å². The van der Waals surface area contributed by atoms with Crippen LogP contribution in [0.3, 0.4) is 0 Å². The number of aryl methyl sites for hydroxylation is 3. The minimum absolute atomic E-state index is 0.307. The number of benzene rings is 3. The Morgan fingerprint density at radius 3 is 2.49 bits per heavy atom. The van der Waals surface area contributed by atoms with Crippen LogP contribution in [0, 0.1) is 19.7 Å². The maximum absolute atomic E-state index is 14.4. The first-order chi connectivity index (χ1) is 18.9. The topological polar surface area (TPSA) is 55.1 Å². The SMILES string of the molecule is CCc1nn(-c2ccccc2)c2c1CN(C(=O)Nc1ccc(C)c(F)c1)[C@H](c1ccc(C)cc1)c1cccn1-2. The van der Waals surface area contributed by atoms with Crippen molar-refractivity contribution in [2.45, 2.75) is 39.8 Å². The number of urea groups is 1. The number of amides is 2. The van der Waals surface area contributed by atoms with Gasteiger partial charge in [-0.15, -0.1) is 0 Å². The summed E-state index contributed by atoms with van der Waals surface area (Å²) in [7, 11) is 0. The first kappa shape index (κ1) is 24.7. The van der Waals surface area contributed by atoms with Crippen molar-refractivity contribution in [3.05, 3.63) is 131 Å². The van der Waals surface area contributed by atoms with Crippen LogP contribution in [0.25, 0.3) is 11.5 Å². The highest BCUT2D eigenvalue weighted by Crippen LogP contribution is 2.39. The molecule has 1 atom stereocenters. The molecule has 7 heteroatoms. The number of anilines is 1. The lowest BCUT2D eigenvalue weighted by Crippen LogP contribution is -2.38. The molecule has 1 N–H and O–H groups in total. The number of hydrogen-bond donors (Lipinski definition) is 1. The molecule has 0 saturated carbocycles. The van der Waals surface area contributed by atoms with Crippen LogP contribution in [-0.2, 0) is 13.0 Å². The van der Waals surface area contributed by atoms with Crippen LogP contribution in [0.2, 0.25) is 0 Å². The molecule has 6 rings (SSSR count). The van der Waals surface area contributed by atoms with E-state index in [0.717, 1.165) is 39.6 Å². The van der Waals surface area contributed by atoms with Crippen LogP contribution < -0.4 is 5.32 Å². The van der Waals surface area contributed by atoms with E-state index in [1.807, 2.05) is 59.1 Å². The molecular formula is C32H30FN5O. The Morgan fingerprint density at radius 2 is 1.77 bits per heavy atom. The second kappa shape index (κ2) is 9.91. The molecule has 3 aromatic carbocycles. The van der Waals surface area contributed by atoms with Gasteiger partial charge < -0.3 is 14.8 Å². The number of aromatic nitrogens is 3. The van der Waals surface area contributed by atoms with Gasteiger partial charge in [0.2, 0.25) is 0 Å². The lowest BCUT2D eigenvalue weighted by atomic mass is 10.0. The summed E-state index contributed by atoms with van der Waals surface area (Å²) in [6, 6.07) is 26.5. The Morgan fingerprint density at radius 1 is 1.00 bits per heavy atom. The van der Waals surface area contributed by atoms with E-state index in [2.05, 4.69) is 47.1 Å². The first-order valence-corrected chi connectivity index (χ1v) is 13.2. The standard InChI is InChI=1S/C32H30FN5O/c1-4-28-26-20-37(32(39)34-24-17-14-22(3)27(33)19-24)30(23-15-12-21(2)13-16-23)29-11-8-18-36(29)31(26)38(35-28)25-9-6-5-7-10-25/h5-19,30H,4,20H2,1-3H3,(H,34,39)/t30-/m1/s1. The molecule has 0 radical (unpaired) electrons. The maximum Gasteiger partial charge on any atom is 0.322 e. The number of nitrogens with one attached hydrogen (secondary N) is 1. The molecule has 2 aromatic heterocycles. The summed E-state index contributed by atoms with van der Waals surface area (Å²) in [6.45, 7) is 6.17. The minimum atomic E-state index is -0.378. The number of fused-ring (bicyclic) bond motifs is 3. The van der Waals surface area contributed by atoms with Crippen molar-refractivity contribution in [1.29, 1.82) is 0 Å². The highest BCUT2D eigenvalue weighted by Gasteiger charge is 2.36. The van der Waals surface area contributed by atoms with Crippen molar-refractivity contribution in [3.63, 3.8) is 0 Å². The average Bonchev–Trinajstić information content (AvgIpc) is 3.53. The first-order valence-electron chi connectivity index (χ1n) is 13.2. The third-order valence-corrected chi connectivity index (χ3v) is 7.38. The van der Waals surface area contributed by atoms with E-state index in [1.165, 1.54) is 6.07 Å². The largest absolute Gasteiger partial charge is 0.322 e. The summed E-state index contributed by atoms with van der Waals surface area (Å²) in [4.78, 5) is 15.9. The molecule has 0 fully saturated rings. The zero-order valence-electron chi connectivity index (χ0n) is 22.2. The summed E-state index contributed by atoms with van der Waals surface area (Å²) in [6.07, 6.45) is 2.75. The normalized spacial score (nSPS) is 14.5. The molecule has 0 saturated heterocycles. The van der Waals surface area contributed by atoms with Crippen LogP contribution in [0.15, 0.2) is 91.1 Å². The smallest absolute Gasteiger partial charge is 0.308 e. The number of carbonyl (C=O) groups is 1. The van der Waals surface area contributed by atoms with E-state index >= 15 is 0 Å². The summed E-state index contributed by atoms with van der Waals surface area (Å²) in [5.74, 6) is 0.569. The number of rotatable bonds is 4. The molecule has 1 aliphatic heterocycles. The van der Waals surface area contributed by atoms with Gasteiger partial charge in [0.25, 0.3) is 0 Å². The summed E-state index contributed by atoms with van der Waals surface area (Å²) >= 11 is 0. The van der Waals surface area contributed by atoms with Gasteiger partial charge in [0, 0.05) is 17.4 Å². The van der Waals surface area contributed by atoms with E-state index in [0.29, 0.717) is 24.2 Å². The molecule has 3 heterocycles. The Hall–Kier alpha value is -4.65. The zero-order valence-corrected chi connectivity index (χ0v) is 22.2. The Bertz CT molecular complexity index is 1650. The van der Waals surface area contributed by atoms with Gasteiger partial charge >= 0.3 is 6.03 Å². The van der Waals surface area contributed by atoms with Crippen LogP contribution in [0.4, 0.5) is 14.9 Å². The number of carbonyl (C=O) groups excluding carboxylic acids is 1. The van der Waals surface area contributed by atoms with Crippen molar-refractivity contribution in [3.8, 4) is 11.5 Å². The molecule has 0 spiro atoms. The van der Waals surface area contributed by atoms with Crippen molar-refractivity contribution in [1.82, 2.24) is 19.2 Å². The summed E-state index contributed by atoms with van der Waals surface area (Å²) in [5, 5.41) is 7.96. The number of halogens is 1. The van der Waals surface area contributed by atoms with Crippen molar-refractivity contribution in [2.24, 2.45) is 0 Å². The van der Waals surface area contributed by atoms with Gasteiger partial charge in [-0.25, -0.2) is 13.9 Å². The van der Waals surface area contributed by atoms with Crippen molar-refractivity contribution < 1.29 is 9.18 Å². The van der Waals surface area contributed by atoms with E-state index in [4.69, 9.17) is 5.10 Å². The molecule has 1 aliphatic rings. The third-order valence-electron chi connectivity index (χ3n) is 7.38. The average molecular weight is 520 g/mol. The minimum Gasteiger partial charge on any atom is -0.308 e. The zero-order chi connectivity index (χ0) is 27.1. The van der Waals surface area contributed by atoms with Gasteiger partial charge in [0.15, 0.2) is 0 Å². The molecule has 6 nitrogen and oxygen atoms in total. The second-order valence-electron chi connectivity index (χ2n) is 9.99. The molecule has 196 valence electrons. The van der Waals surface area contributed by atoms with Gasteiger partial charge in [-0.2, -0.15) is 5.10 Å². The fraction of sp³-hybridized carbons (Fsp3) is 0.188. The third kappa shape index (κ3) is 4.40. The quantitative estimate of drug-likeness (QED) is 0.275. The molecular weight excluding hydrogens is 489 g/mol. The van der Waals surface area contributed by atoms with Crippen LogP contribution in [-0.4, -0.2) is 25.3 Å². The number of nitrogens with zero attached hydrogens (tertiary/aromatic N) is 4. The van der Waals surface area contributed by atoms with Crippen LogP contribution in [0.5, 0.6) is 0 Å². The predicted molar refractivity (Wildman–Crippen MR) is 151 cm³/mol. The van der Waals surface area contributed by atoms with Gasteiger partial charge in [-0.05, 0) is 67.8 Å². The van der Waals surface area contributed by atoms with Gasteiger partial charge in [0.1, 0.15) is 11.6 Å². The van der Waals surface area contributed by atoms with E-state index < -0.39 is 0 Å². The molecule has 5 aromatic rings. The van der Waals surface area contributed by atoms with Gasteiger partial charge in [-0.1, -0.05) is 61.0 Å². The fourth-order valence-electron chi connectivity index (χ4n) is 5.31. The van der Waals surface area contributed by atoms with Crippen LogP contribution in [0.1, 0.15) is 46.6 Å². The van der Waals surface area contributed by atoms with E-state index in [9.17, 15) is 9.18 Å². The second-order valence-corrected chi connectivity index (χ2v) is 9.99. The number of para-hydroxylation sites is 1. The molecule has 0 bridgehead atoms. The van der Waals surface area contributed by atoms with Crippen molar-refractivity contribution in [2.75, 3.05) is 5.32 Å². The number of hydrogen-bond acceptors (Lipinski definition) is 2. The Balaban J connectivity index is 1.54. The molecule has 39 heavy (non-hydrogen) atoms. The molecule has 0 aliphatic carbocycles. The summed E-state index contributed by atoms with van der Waals surface area (Å²) in [5.41, 5.74) is 6.90. The van der Waals surface area contributed by atoms with Crippen LogP contribution >= 0.6 is 0 Å². The molecule has 0 unspecified atom stereocenters.